The molecule has 0 heterocycles. The van der Waals surface area contributed by atoms with Crippen LogP contribution in [0.25, 0.3) is 0 Å². The second-order valence-electron chi connectivity index (χ2n) is 8.66. The molecule has 0 aliphatic rings. The fraction of sp³-hybridized carbons (Fsp3) is 0.462. The first-order chi connectivity index (χ1) is 16.7. The summed E-state index contributed by atoms with van der Waals surface area (Å²) in [5, 5.41) is 13.8. The molecule has 2 amide bonds. The van der Waals surface area contributed by atoms with Gasteiger partial charge in [-0.05, 0) is 56.8 Å². The zero-order valence-corrected chi connectivity index (χ0v) is 21.0. The maximum absolute atomic E-state index is 13.4. The number of nitrogens with zero attached hydrogens (tertiary/aromatic N) is 3. The van der Waals surface area contributed by atoms with Crippen molar-refractivity contribution < 1.29 is 19.2 Å². The SMILES string of the molecule is CCCN(CCC)C(=O)C(Cc1ccc(OCCN(C)C)cc1)NC(=O)c1ccc([N+](=O)[O-])cc1. The molecule has 0 saturated heterocycles. The molecule has 0 saturated carbocycles. The minimum atomic E-state index is -0.767. The summed E-state index contributed by atoms with van der Waals surface area (Å²) in [5.41, 5.74) is 1.05. The fourth-order valence-electron chi connectivity index (χ4n) is 3.57. The quantitative estimate of drug-likeness (QED) is 0.325. The van der Waals surface area contributed by atoms with Crippen LogP contribution in [-0.2, 0) is 11.2 Å². The molecule has 35 heavy (non-hydrogen) atoms. The first-order valence-corrected chi connectivity index (χ1v) is 12.0. The summed E-state index contributed by atoms with van der Waals surface area (Å²) in [6, 6.07) is 12.1. The number of likely N-dealkylation sites (N-methyl/N-ethyl adjacent to an activating group) is 1. The van der Waals surface area contributed by atoms with Crippen LogP contribution >= 0.6 is 0 Å². The molecule has 2 rings (SSSR count). The number of non-ortho nitro benzene ring substituents is 1. The Labute approximate surface area is 207 Å². The van der Waals surface area contributed by atoms with E-state index in [1.807, 2.05) is 57.1 Å². The zero-order chi connectivity index (χ0) is 25.8. The van der Waals surface area contributed by atoms with Crippen molar-refractivity contribution in [3.63, 3.8) is 0 Å². The predicted octanol–water partition coefficient (Wildman–Crippen LogP) is 3.52. The van der Waals surface area contributed by atoms with Crippen molar-refractivity contribution >= 4 is 17.5 Å². The Morgan fingerprint density at radius 2 is 1.57 bits per heavy atom. The highest BCUT2D eigenvalue weighted by Crippen LogP contribution is 2.16. The first-order valence-electron chi connectivity index (χ1n) is 12.0. The molecule has 0 fully saturated rings. The van der Waals surface area contributed by atoms with Gasteiger partial charge in [0.1, 0.15) is 18.4 Å². The number of nitro groups is 1. The molecule has 0 aliphatic heterocycles. The summed E-state index contributed by atoms with van der Waals surface area (Å²) >= 11 is 0. The molecule has 1 atom stereocenters. The van der Waals surface area contributed by atoms with E-state index in [0.29, 0.717) is 26.1 Å². The number of amides is 2. The minimum absolute atomic E-state index is 0.0980. The molecular weight excluding hydrogens is 448 g/mol. The Bertz CT molecular complexity index is 955. The molecule has 2 aromatic carbocycles. The number of benzene rings is 2. The minimum Gasteiger partial charge on any atom is -0.492 e. The largest absolute Gasteiger partial charge is 0.492 e. The Morgan fingerprint density at radius 3 is 2.09 bits per heavy atom. The molecule has 2 aromatic rings. The van der Waals surface area contributed by atoms with Gasteiger partial charge in [0.05, 0.1) is 4.92 Å². The molecule has 190 valence electrons. The Morgan fingerprint density at radius 1 is 0.971 bits per heavy atom. The Kier molecular flexibility index (Phi) is 11.2. The number of ether oxygens (including phenoxy) is 1. The molecular formula is C26H36N4O5. The molecule has 0 aromatic heterocycles. The van der Waals surface area contributed by atoms with E-state index in [1.54, 1.807) is 4.90 Å². The van der Waals surface area contributed by atoms with Gasteiger partial charge in [0, 0.05) is 43.8 Å². The second kappa shape index (κ2) is 14.1. The van der Waals surface area contributed by atoms with Crippen molar-refractivity contribution in [2.24, 2.45) is 0 Å². The number of nitrogens with one attached hydrogen (secondary N) is 1. The molecule has 0 spiro atoms. The molecule has 1 N–H and O–H groups in total. The summed E-state index contributed by atoms with van der Waals surface area (Å²) in [4.78, 5) is 40.5. The highest BCUT2D eigenvalue weighted by molar-refractivity contribution is 5.97. The van der Waals surface area contributed by atoms with E-state index < -0.39 is 16.9 Å². The van der Waals surface area contributed by atoms with Crippen molar-refractivity contribution in [1.29, 1.82) is 0 Å². The van der Waals surface area contributed by atoms with Crippen LogP contribution in [0.15, 0.2) is 48.5 Å². The average molecular weight is 485 g/mol. The van der Waals surface area contributed by atoms with Gasteiger partial charge in [-0.25, -0.2) is 0 Å². The van der Waals surface area contributed by atoms with Crippen LogP contribution in [0.2, 0.25) is 0 Å². The fourth-order valence-corrected chi connectivity index (χ4v) is 3.57. The number of hydrogen-bond acceptors (Lipinski definition) is 6. The Hall–Kier alpha value is -3.46. The van der Waals surface area contributed by atoms with E-state index in [1.165, 1.54) is 24.3 Å². The molecule has 9 heteroatoms. The molecule has 0 bridgehead atoms. The zero-order valence-electron chi connectivity index (χ0n) is 21.0. The van der Waals surface area contributed by atoms with Crippen LogP contribution in [0, 0.1) is 10.1 Å². The van der Waals surface area contributed by atoms with Gasteiger partial charge >= 0.3 is 0 Å². The van der Waals surface area contributed by atoms with Crippen LogP contribution in [-0.4, -0.2) is 72.9 Å². The van der Waals surface area contributed by atoms with E-state index in [-0.39, 0.29) is 17.2 Å². The molecule has 9 nitrogen and oxygen atoms in total. The molecule has 0 aliphatic carbocycles. The summed E-state index contributed by atoms with van der Waals surface area (Å²) in [6.07, 6.45) is 1.95. The van der Waals surface area contributed by atoms with Gasteiger partial charge in [-0.15, -0.1) is 0 Å². The topological polar surface area (TPSA) is 105 Å². The highest BCUT2D eigenvalue weighted by Gasteiger charge is 2.26. The smallest absolute Gasteiger partial charge is 0.269 e. The lowest BCUT2D eigenvalue weighted by molar-refractivity contribution is -0.384. The lowest BCUT2D eigenvalue weighted by atomic mass is 10.0. The van der Waals surface area contributed by atoms with Crippen LogP contribution < -0.4 is 10.1 Å². The number of nitro benzene ring substituents is 1. The third kappa shape index (κ3) is 9.01. The number of carbonyl (C=O) groups excluding carboxylic acids is 2. The molecule has 1 unspecified atom stereocenters. The summed E-state index contributed by atoms with van der Waals surface area (Å²) in [5.74, 6) is 0.150. The highest BCUT2D eigenvalue weighted by atomic mass is 16.6. The average Bonchev–Trinajstić information content (AvgIpc) is 2.84. The van der Waals surface area contributed by atoms with Crippen molar-refractivity contribution in [1.82, 2.24) is 15.1 Å². The second-order valence-corrected chi connectivity index (χ2v) is 8.66. The van der Waals surface area contributed by atoms with E-state index >= 15 is 0 Å². The normalized spacial score (nSPS) is 11.7. The van der Waals surface area contributed by atoms with E-state index in [9.17, 15) is 19.7 Å². The Balaban J connectivity index is 2.18. The maximum atomic E-state index is 13.4. The van der Waals surface area contributed by atoms with Gasteiger partial charge in [0.15, 0.2) is 0 Å². The third-order valence-electron chi connectivity index (χ3n) is 5.41. The van der Waals surface area contributed by atoms with Crippen molar-refractivity contribution in [3.8, 4) is 5.75 Å². The van der Waals surface area contributed by atoms with Crippen LogP contribution in [0.3, 0.4) is 0 Å². The molecule has 0 radical (unpaired) electrons. The van der Waals surface area contributed by atoms with Gasteiger partial charge in [0.2, 0.25) is 5.91 Å². The van der Waals surface area contributed by atoms with Gasteiger partial charge in [-0.2, -0.15) is 0 Å². The van der Waals surface area contributed by atoms with Gasteiger partial charge in [-0.1, -0.05) is 26.0 Å². The van der Waals surface area contributed by atoms with Crippen molar-refractivity contribution in [2.75, 3.05) is 40.3 Å². The van der Waals surface area contributed by atoms with Gasteiger partial charge < -0.3 is 19.9 Å². The summed E-state index contributed by atoms with van der Waals surface area (Å²) < 4.78 is 5.74. The lowest BCUT2D eigenvalue weighted by Gasteiger charge is -2.27. The van der Waals surface area contributed by atoms with E-state index in [4.69, 9.17) is 4.74 Å². The van der Waals surface area contributed by atoms with Gasteiger partial charge in [-0.3, -0.25) is 19.7 Å². The number of rotatable bonds is 14. The van der Waals surface area contributed by atoms with Crippen molar-refractivity contribution in [3.05, 3.63) is 69.8 Å². The summed E-state index contributed by atoms with van der Waals surface area (Å²) in [7, 11) is 3.96. The lowest BCUT2D eigenvalue weighted by Crippen LogP contribution is -2.50. The predicted molar refractivity (Wildman–Crippen MR) is 136 cm³/mol. The van der Waals surface area contributed by atoms with Crippen LogP contribution in [0.4, 0.5) is 5.69 Å². The third-order valence-corrected chi connectivity index (χ3v) is 5.41. The first kappa shape index (κ1) is 27.8. The van der Waals surface area contributed by atoms with Crippen LogP contribution in [0.1, 0.15) is 42.6 Å². The number of hydrogen-bond donors (Lipinski definition) is 1. The van der Waals surface area contributed by atoms with E-state index in [2.05, 4.69) is 5.32 Å². The standard InChI is InChI=1S/C26H36N4O5/c1-5-15-29(16-6-2)26(32)24(27-25(31)21-9-11-22(12-10-21)30(33)34)19-20-7-13-23(14-8-20)35-18-17-28(3)4/h7-14,24H,5-6,15-19H2,1-4H3,(H,27,31). The monoisotopic (exact) mass is 484 g/mol. The van der Waals surface area contributed by atoms with E-state index in [0.717, 1.165) is 30.7 Å². The van der Waals surface area contributed by atoms with Crippen LogP contribution in [0.5, 0.6) is 5.75 Å². The van der Waals surface area contributed by atoms with Gasteiger partial charge in [0.25, 0.3) is 11.6 Å². The van der Waals surface area contributed by atoms with Crippen molar-refractivity contribution in [2.45, 2.75) is 39.2 Å². The maximum Gasteiger partial charge on any atom is 0.269 e. The number of carbonyl (C=O) groups is 2. The summed E-state index contributed by atoms with van der Waals surface area (Å²) in [6.45, 7) is 6.61.